The molecule has 0 radical (unpaired) electrons. The summed E-state index contributed by atoms with van der Waals surface area (Å²) in [7, 11) is 3.13. The molecule has 4 rings (SSSR count). The molecule has 0 amide bonds. The molecular weight excluding hydrogens is 394 g/mol. The number of nitrogens with one attached hydrogen (secondary N) is 2. The topological polar surface area (TPSA) is 85.5 Å². The summed E-state index contributed by atoms with van der Waals surface area (Å²) in [5.41, 5.74) is 1.73. The summed E-state index contributed by atoms with van der Waals surface area (Å²) in [5, 5.41) is 3.12. The summed E-state index contributed by atoms with van der Waals surface area (Å²) >= 11 is 0. The normalized spacial score (nSPS) is 10.4. The SMILES string of the molecule is COc1ccc(-c2cc(=O)[nH]c(Nc3ccc(Oc4ccccc4)cc3)n2)cc1OC. The fraction of sp³-hybridized carbons (Fsp3) is 0.0833. The van der Waals surface area contributed by atoms with Crippen LogP contribution >= 0.6 is 0 Å². The largest absolute Gasteiger partial charge is 0.493 e. The summed E-state index contributed by atoms with van der Waals surface area (Å²) in [6, 6.07) is 23.7. The van der Waals surface area contributed by atoms with Crippen molar-refractivity contribution < 1.29 is 14.2 Å². The summed E-state index contributed by atoms with van der Waals surface area (Å²) in [6.07, 6.45) is 0. The number of nitrogens with zero attached hydrogens (tertiary/aromatic N) is 1. The van der Waals surface area contributed by atoms with E-state index in [1.54, 1.807) is 26.4 Å². The molecule has 4 aromatic rings. The van der Waals surface area contributed by atoms with E-state index in [2.05, 4.69) is 15.3 Å². The number of anilines is 2. The van der Waals surface area contributed by atoms with Gasteiger partial charge in [-0.25, -0.2) is 4.98 Å². The Morgan fingerprint density at radius 1 is 0.806 bits per heavy atom. The standard InChI is InChI=1S/C24H21N3O4/c1-29-21-13-8-16(14-22(21)30-2)20-15-23(28)27-24(26-20)25-17-9-11-19(12-10-17)31-18-6-4-3-5-7-18/h3-15H,1-2H3,(H2,25,26,27,28). The number of hydrogen-bond acceptors (Lipinski definition) is 6. The van der Waals surface area contributed by atoms with Gasteiger partial charge >= 0.3 is 0 Å². The van der Waals surface area contributed by atoms with Gasteiger partial charge in [0, 0.05) is 17.3 Å². The maximum absolute atomic E-state index is 12.2. The average molecular weight is 415 g/mol. The van der Waals surface area contributed by atoms with Gasteiger partial charge in [-0.3, -0.25) is 9.78 Å². The number of H-pyrrole nitrogens is 1. The quantitative estimate of drug-likeness (QED) is 0.442. The fourth-order valence-electron chi connectivity index (χ4n) is 3.03. The fourth-order valence-corrected chi connectivity index (χ4v) is 3.03. The molecule has 2 N–H and O–H groups in total. The third kappa shape index (κ3) is 4.84. The Bertz CT molecular complexity index is 1220. The molecule has 0 bridgehead atoms. The minimum atomic E-state index is -0.272. The van der Waals surface area contributed by atoms with Crippen LogP contribution in [0.2, 0.25) is 0 Å². The van der Waals surface area contributed by atoms with Gasteiger partial charge in [0.25, 0.3) is 5.56 Å². The van der Waals surface area contributed by atoms with E-state index >= 15 is 0 Å². The zero-order chi connectivity index (χ0) is 21.6. The zero-order valence-electron chi connectivity index (χ0n) is 17.1. The first kappa shape index (κ1) is 20.0. The van der Waals surface area contributed by atoms with Crippen LogP contribution in [-0.4, -0.2) is 24.2 Å². The van der Waals surface area contributed by atoms with Crippen molar-refractivity contribution in [2.75, 3.05) is 19.5 Å². The molecule has 0 aliphatic rings. The van der Waals surface area contributed by atoms with Gasteiger partial charge in [-0.1, -0.05) is 18.2 Å². The third-order valence-electron chi connectivity index (χ3n) is 4.52. The van der Waals surface area contributed by atoms with Crippen LogP contribution in [0.1, 0.15) is 0 Å². The van der Waals surface area contributed by atoms with Crippen LogP contribution in [0.25, 0.3) is 11.3 Å². The van der Waals surface area contributed by atoms with Gasteiger partial charge in [-0.05, 0) is 54.6 Å². The van der Waals surface area contributed by atoms with Crippen molar-refractivity contribution in [2.45, 2.75) is 0 Å². The van der Waals surface area contributed by atoms with Crippen LogP contribution in [0.3, 0.4) is 0 Å². The monoisotopic (exact) mass is 415 g/mol. The second kappa shape index (κ2) is 9.04. The van der Waals surface area contributed by atoms with Crippen molar-refractivity contribution in [2.24, 2.45) is 0 Å². The lowest BCUT2D eigenvalue weighted by Crippen LogP contribution is -2.10. The Labute approximate surface area is 179 Å². The number of benzene rings is 3. The van der Waals surface area contributed by atoms with Gasteiger partial charge in [0.1, 0.15) is 11.5 Å². The van der Waals surface area contributed by atoms with E-state index in [0.29, 0.717) is 28.9 Å². The van der Waals surface area contributed by atoms with Crippen LogP contribution in [0.5, 0.6) is 23.0 Å². The van der Waals surface area contributed by atoms with Crippen LogP contribution in [-0.2, 0) is 0 Å². The van der Waals surface area contributed by atoms with Crippen molar-refractivity contribution in [1.82, 2.24) is 9.97 Å². The Hall–Kier alpha value is -4.26. The van der Waals surface area contributed by atoms with E-state index in [4.69, 9.17) is 14.2 Å². The van der Waals surface area contributed by atoms with Crippen molar-refractivity contribution in [1.29, 1.82) is 0 Å². The van der Waals surface area contributed by atoms with Gasteiger partial charge in [0.15, 0.2) is 11.5 Å². The predicted molar refractivity (Wildman–Crippen MR) is 120 cm³/mol. The molecule has 0 atom stereocenters. The molecule has 0 aliphatic heterocycles. The number of aromatic nitrogens is 2. The Balaban J connectivity index is 1.54. The molecule has 0 aliphatic carbocycles. The highest BCUT2D eigenvalue weighted by Crippen LogP contribution is 2.31. The van der Waals surface area contributed by atoms with Crippen LogP contribution < -0.4 is 25.1 Å². The lowest BCUT2D eigenvalue weighted by atomic mass is 10.1. The summed E-state index contributed by atoms with van der Waals surface area (Å²) < 4.78 is 16.4. The summed E-state index contributed by atoms with van der Waals surface area (Å²) in [6.45, 7) is 0. The molecule has 7 nitrogen and oxygen atoms in total. The molecular formula is C24H21N3O4. The van der Waals surface area contributed by atoms with Gasteiger partial charge in [0.05, 0.1) is 19.9 Å². The molecule has 3 aromatic carbocycles. The van der Waals surface area contributed by atoms with Crippen molar-refractivity contribution in [3.63, 3.8) is 0 Å². The van der Waals surface area contributed by atoms with E-state index in [9.17, 15) is 4.79 Å². The van der Waals surface area contributed by atoms with Gasteiger partial charge in [-0.15, -0.1) is 0 Å². The molecule has 156 valence electrons. The van der Waals surface area contributed by atoms with E-state index in [-0.39, 0.29) is 5.56 Å². The molecule has 1 heterocycles. The number of rotatable bonds is 7. The Morgan fingerprint density at radius 2 is 1.52 bits per heavy atom. The van der Waals surface area contributed by atoms with Crippen LogP contribution in [0, 0.1) is 0 Å². The molecule has 31 heavy (non-hydrogen) atoms. The zero-order valence-corrected chi connectivity index (χ0v) is 17.1. The molecule has 0 unspecified atom stereocenters. The number of aromatic amines is 1. The molecule has 0 saturated carbocycles. The highest BCUT2D eigenvalue weighted by atomic mass is 16.5. The van der Waals surface area contributed by atoms with E-state index in [1.807, 2.05) is 60.7 Å². The molecule has 0 spiro atoms. The Morgan fingerprint density at radius 3 is 2.23 bits per heavy atom. The lowest BCUT2D eigenvalue weighted by Gasteiger charge is -2.11. The Kier molecular flexibility index (Phi) is 5.84. The van der Waals surface area contributed by atoms with Crippen LogP contribution in [0.15, 0.2) is 83.7 Å². The van der Waals surface area contributed by atoms with Gasteiger partial charge in [-0.2, -0.15) is 0 Å². The molecule has 1 aromatic heterocycles. The highest BCUT2D eigenvalue weighted by Gasteiger charge is 2.09. The number of ether oxygens (including phenoxy) is 3. The molecule has 0 saturated heterocycles. The van der Waals surface area contributed by atoms with Crippen molar-refractivity contribution >= 4 is 11.6 Å². The smallest absolute Gasteiger partial charge is 0.252 e. The van der Waals surface area contributed by atoms with E-state index < -0.39 is 0 Å². The maximum atomic E-state index is 12.2. The van der Waals surface area contributed by atoms with Gasteiger partial charge < -0.3 is 19.5 Å². The van der Waals surface area contributed by atoms with E-state index in [1.165, 1.54) is 6.07 Å². The predicted octanol–water partition coefficient (Wildman–Crippen LogP) is 4.99. The van der Waals surface area contributed by atoms with Crippen molar-refractivity contribution in [3.05, 3.63) is 89.2 Å². The van der Waals surface area contributed by atoms with Gasteiger partial charge in [0.2, 0.25) is 5.95 Å². The molecule has 0 fully saturated rings. The number of methoxy groups -OCH3 is 2. The highest BCUT2D eigenvalue weighted by molar-refractivity contribution is 5.65. The minimum Gasteiger partial charge on any atom is -0.493 e. The van der Waals surface area contributed by atoms with Crippen molar-refractivity contribution in [3.8, 4) is 34.3 Å². The summed E-state index contributed by atoms with van der Waals surface area (Å²) in [5.74, 6) is 2.96. The average Bonchev–Trinajstić information content (AvgIpc) is 2.80. The van der Waals surface area contributed by atoms with Crippen LogP contribution in [0.4, 0.5) is 11.6 Å². The molecule has 7 heteroatoms. The second-order valence-electron chi connectivity index (χ2n) is 6.61. The second-order valence-corrected chi connectivity index (χ2v) is 6.61. The minimum absolute atomic E-state index is 0.272. The lowest BCUT2D eigenvalue weighted by molar-refractivity contribution is 0.355. The maximum Gasteiger partial charge on any atom is 0.252 e. The first-order valence-electron chi connectivity index (χ1n) is 9.58. The first-order valence-corrected chi connectivity index (χ1v) is 9.58. The number of hydrogen-bond donors (Lipinski definition) is 2. The third-order valence-corrected chi connectivity index (χ3v) is 4.52. The van der Waals surface area contributed by atoms with E-state index in [0.717, 1.165) is 17.0 Å². The summed E-state index contributed by atoms with van der Waals surface area (Å²) in [4.78, 5) is 19.4. The first-order chi connectivity index (χ1) is 15.1. The number of para-hydroxylation sites is 1.